The Bertz CT molecular complexity index is 974. The summed E-state index contributed by atoms with van der Waals surface area (Å²) in [5, 5.41) is 0. The van der Waals surface area contributed by atoms with Crippen molar-refractivity contribution in [3.63, 3.8) is 0 Å². The van der Waals surface area contributed by atoms with Gasteiger partial charge in [-0.1, -0.05) is 47.8 Å². The normalized spacial score (nSPS) is 26.1. The van der Waals surface area contributed by atoms with Crippen LogP contribution in [0.25, 0.3) is 0 Å². The molecular formula is C28H30F2. The average Bonchev–Trinajstić information content (AvgIpc) is 2.76. The van der Waals surface area contributed by atoms with Crippen LogP contribution in [0.4, 0.5) is 8.78 Å². The second-order valence-electron chi connectivity index (χ2n) is 9.08. The van der Waals surface area contributed by atoms with Gasteiger partial charge in [0, 0.05) is 5.56 Å². The van der Waals surface area contributed by atoms with Crippen LogP contribution in [0.5, 0.6) is 0 Å². The van der Waals surface area contributed by atoms with Gasteiger partial charge in [0.25, 0.3) is 0 Å². The number of halogens is 2. The molecule has 0 saturated heterocycles. The SMILES string of the molecule is C/C=C/C1CCC2CC(c3ccc(C#Cc4ccc(C)cc4)c(F)c3F)CCC2C1. The summed E-state index contributed by atoms with van der Waals surface area (Å²) in [5.41, 5.74) is 2.63. The van der Waals surface area contributed by atoms with Crippen molar-refractivity contribution in [3.05, 3.63) is 82.4 Å². The van der Waals surface area contributed by atoms with Crippen LogP contribution < -0.4 is 0 Å². The predicted molar refractivity (Wildman–Crippen MR) is 119 cm³/mol. The van der Waals surface area contributed by atoms with E-state index in [1.54, 1.807) is 12.1 Å². The molecule has 4 unspecified atom stereocenters. The average molecular weight is 405 g/mol. The summed E-state index contributed by atoms with van der Waals surface area (Å²) in [5.74, 6) is 6.47. The minimum absolute atomic E-state index is 0.123. The standard InChI is InChI=1S/C28H30F2/c1-3-4-21-10-12-24-18-25(14-13-23(24)17-21)26-16-15-22(27(29)28(26)30)11-9-20-7-5-19(2)6-8-20/h3-8,15-16,21,23-25H,10,12-14,17-18H2,1-2H3/b4-3+. The molecule has 2 aliphatic carbocycles. The van der Waals surface area contributed by atoms with E-state index in [4.69, 9.17) is 0 Å². The van der Waals surface area contributed by atoms with E-state index in [0.29, 0.717) is 17.4 Å². The minimum atomic E-state index is -0.800. The van der Waals surface area contributed by atoms with E-state index < -0.39 is 11.6 Å². The molecule has 2 fully saturated rings. The van der Waals surface area contributed by atoms with Gasteiger partial charge in [-0.2, -0.15) is 0 Å². The summed E-state index contributed by atoms with van der Waals surface area (Å²) in [6.07, 6.45) is 11.3. The molecule has 156 valence electrons. The summed E-state index contributed by atoms with van der Waals surface area (Å²) in [6.45, 7) is 4.10. The fraction of sp³-hybridized carbons (Fsp3) is 0.429. The Morgan fingerprint density at radius 2 is 1.57 bits per heavy atom. The molecule has 0 aliphatic heterocycles. The molecule has 0 heterocycles. The fourth-order valence-corrected chi connectivity index (χ4v) is 5.41. The first-order valence-electron chi connectivity index (χ1n) is 11.2. The third kappa shape index (κ3) is 4.51. The van der Waals surface area contributed by atoms with Crippen LogP contribution in [0, 0.1) is 48.2 Å². The van der Waals surface area contributed by atoms with Gasteiger partial charge >= 0.3 is 0 Å². The molecule has 0 aromatic heterocycles. The smallest absolute Gasteiger partial charge is 0.174 e. The Morgan fingerprint density at radius 1 is 0.833 bits per heavy atom. The lowest BCUT2D eigenvalue weighted by molar-refractivity contribution is 0.132. The van der Waals surface area contributed by atoms with E-state index in [1.165, 1.54) is 19.3 Å². The maximum atomic E-state index is 15.0. The third-order valence-electron chi connectivity index (χ3n) is 7.06. The molecule has 4 atom stereocenters. The first kappa shape index (κ1) is 20.9. The van der Waals surface area contributed by atoms with E-state index in [9.17, 15) is 8.78 Å². The van der Waals surface area contributed by atoms with E-state index in [-0.39, 0.29) is 11.5 Å². The first-order valence-corrected chi connectivity index (χ1v) is 11.2. The molecule has 2 aliphatic rings. The third-order valence-corrected chi connectivity index (χ3v) is 7.06. The van der Waals surface area contributed by atoms with Crippen molar-refractivity contribution >= 4 is 0 Å². The maximum Gasteiger partial charge on any atom is 0.174 e. The van der Waals surface area contributed by atoms with Gasteiger partial charge in [-0.3, -0.25) is 0 Å². The highest BCUT2D eigenvalue weighted by Crippen LogP contribution is 2.48. The number of benzene rings is 2. The van der Waals surface area contributed by atoms with Crippen LogP contribution in [0.3, 0.4) is 0 Å². The number of hydrogen-bond donors (Lipinski definition) is 0. The molecule has 0 nitrogen and oxygen atoms in total. The van der Waals surface area contributed by atoms with Gasteiger partial charge in [-0.15, -0.1) is 0 Å². The lowest BCUT2D eigenvalue weighted by Gasteiger charge is -2.41. The molecule has 2 saturated carbocycles. The maximum absolute atomic E-state index is 15.0. The lowest BCUT2D eigenvalue weighted by Crippen LogP contribution is -2.30. The van der Waals surface area contributed by atoms with Crippen molar-refractivity contribution in [1.82, 2.24) is 0 Å². The van der Waals surface area contributed by atoms with Gasteiger partial charge < -0.3 is 0 Å². The van der Waals surface area contributed by atoms with Gasteiger partial charge in [0.1, 0.15) is 0 Å². The Morgan fingerprint density at radius 3 is 2.33 bits per heavy atom. The van der Waals surface area contributed by atoms with Crippen LogP contribution in [0.15, 0.2) is 48.6 Å². The molecule has 2 aromatic carbocycles. The van der Waals surface area contributed by atoms with Crippen LogP contribution in [0.2, 0.25) is 0 Å². The van der Waals surface area contributed by atoms with Gasteiger partial charge in [-0.25, -0.2) is 8.78 Å². The Hall–Kier alpha value is -2.40. The number of rotatable bonds is 2. The molecule has 30 heavy (non-hydrogen) atoms. The zero-order valence-electron chi connectivity index (χ0n) is 17.9. The van der Waals surface area contributed by atoms with Crippen molar-refractivity contribution in [2.75, 3.05) is 0 Å². The van der Waals surface area contributed by atoms with Gasteiger partial charge in [0.05, 0.1) is 5.56 Å². The highest BCUT2D eigenvalue weighted by Gasteiger charge is 2.36. The quantitative estimate of drug-likeness (QED) is 0.358. The molecule has 0 spiro atoms. The molecule has 2 aromatic rings. The summed E-state index contributed by atoms with van der Waals surface area (Å²) >= 11 is 0. The summed E-state index contributed by atoms with van der Waals surface area (Å²) in [6, 6.07) is 11.2. The topological polar surface area (TPSA) is 0 Å². The monoisotopic (exact) mass is 404 g/mol. The Balaban J connectivity index is 1.48. The molecular weight excluding hydrogens is 374 g/mol. The van der Waals surface area contributed by atoms with Gasteiger partial charge in [0.2, 0.25) is 0 Å². The first-order chi connectivity index (χ1) is 14.5. The number of aryl methyl sites for hydroxylation is 1. The van der Waals surface area contributed by atoms with Crippen molar-refractivity contribution in [2.24, 2.45) is 17.8 Å². The van der Waals surface area contributed by atoms with Crippen molar-refractivity contribution < 1.29 is 8.78 Å². The van der Waals surface area contributed by atoms with Crippen LogP contribution in [-0.2, 0) is 0 Å². The minimum Gasteiger partial charge on any atom is -0.203 e. The molecule has 0 amide bonds. The highest BCUT2D eigenvalue weighted by atomic mass is 19.2. The van der Waals surface area contributed by atoms with Crippen LogP contribution >= 0.6 is 0 Å². The zero-order valence-corrected chi connectivity index (χ0v) is 17.9. The van der Waals surface area contributed by atoms with E-state index in [1.807, 2.05) is 31.2 Å². The zero-order chi connectivity index (χ0) is 21.1. The van der Waals surface area contributed by atoms with Crippen LogP contribution in [-0.4, -0.2) is 0 Å². The van der Waals surface area contributed by atoms with Crippen molar-refractivity contribution in [1.29, 1.82) is 0 Å². The molecule has 0 radical (unpaired) electrons. The van der Waals surface area contributed by atoms with Crippen molar-refractivity contribution in [3.8, 4) is 11.8 Å². The lowest BCUT2D eigenvalue weighted by atomic mass is 9.64. The van der Waals surface area contributed by atoms with E-state index >= 15 is 0 Å². The predicted octanol–water partition coefficient (Wildman–Crippen LogP) is 7.55. The van der Waals surface area contributed by atoms with Gasteiger partial charge in [-0.05, 0) is 99.8 Å². The number of fused-ring (bicyclic) bond motifs is 1. The Labute approximate surface area is 179 Å². The highest BCUT2D eigenvalue weighted by molar-refractivity contribution is 5.45. The largest absolute Gasteiger partial charge is 0.203 e. The molecule has 0 N–H and O–H groups in total. The second kappa shape index (κ2) is 9.17. The number of hydrogen-bond acceptors (Lipinski definition) is 0. The molecule has 4 rings (SSSR count). The summed E-state index contributed by atoms with van der Waals surface area (Å²) in [4.78, 5) is 0. The van der Waals surface area contributed by atoms with E-state index in [0.717, 1.165) is 36.3 Å². The van der Waals surface area contributed by atoms with Gasteiger partial charge in [0.15, 0.2) is 11.6 Å². The van der Waals surface area contributed by atoms with Crippen molar-refractivity contribution in [2.45, 2.75) is 58.3 Å². The van der Waals surface area contributed by atoms with E-state index in [2.05, 4.69) is 30.9 Å². The molecule has 0 bridgehead atoms. The number of allylic oxidation sites excluding steroid dienone is 2. The molecule has 2 heteroatoms. The Kier molecular flexibility index (Phi) is 6.38. The summed E-state index contributed by atoms with van der Waals surface area (Å²) < 4.78 is 29.7. The second-order valence-corrected chi connectivity index (χ2v) is 9.08. The van der Waals surface area contributed by atoms with Crippen LogP contribution in [0.1, 0.15) is 73.6 Å². The fourth-order valence-electron chi connectivity index (χ4n) is 5.41. The summed E-state index contributed by atoms with van der Waals surface area (Å²) in [7, 11) is 0.